The van der Waals surface area contributed by atoms with Crippen LogP contribution in [-0.2, 0) is 0 Å². The highest BCUT2D eigenvalue weighted by Crippen LogP contribution is 2.16. The molecule has 1 aromatic carbocycles. The molecular weight excluding hydrogens is 306 g/mol. The number of alkyl halides is 2. The maximum atomic E-state index is 12.4. The van der Waals surface area contributed by atoms with Gasteiger partial charge in [-0.05, 0) is 12.1 Å². The molecule has 2 N–H and O–H groups in total. The van der Waals surface area contributed by atoms with Crippen LogP contribution in [0.5, 0.6) is 0 Å². The van der Waals surface area contributed by atoms with Gasteiger partial charge < -0.3 is 10.0 Å². The second-order valence-corrected chi connectivity index (χ2v) is 4.66. The van der Waals surface area contributed by atoms with Crippen LogP contribution in [0.4, 0.5) is 19.4 Å². The van der Waals surface area contributed by atoms with Crippen LogP contribution in [0, 0.1) is 0 Å². The molecule has 0 aliphatic carbocycles. The molecule has 122 valence electrons. The summed E-state index contributed by atoms with van der Waals surface area (Å²) < 4.78 is 24.8. The lowest BCUT2D eigenvalue weighted by Gasteiger charge is -2.21. The van der Waals surface area contributed by atoms with Crippen molar-refractivity contribution in [3.05, 3.63) is 42.5 Å². The minimum Gasteiger partial charge on any atom is -0.395 e. The first-order valence-electron chi connectivity index (χ1n) is 6.94. The summed E-state index contributed by atoms with van der Waals surface area (Å²) >= 11 is 0. The monoisotopic (exact) mass is 322 g/mol. The Labute approximate surface area is 131 Å². The quantitative estimate of drug-likeness (QED) is 0.855. The summed E-state index contributed by atoms with van der Waals surface area (Å²) in [6.45, 7) is -1.35. The van der Waals surface area contributed by atoms with Crippen LogP contribution in [0.15, 0.2) is 42.5 Å². The van der Waals surface area contributed by atoms with E-state index in [-0.39, 0.29) is 12.4 Å². The van der Waals surface area contributed by atoms with Gasteiger partial charge in [-0.15, -0.1) is 10.2 Å². The van der Waals surface area contributed by atoms with Crippen LogP contribution in [0.2, 0.25) is 0 Å². The molecule has 0 aliphatic rings. The van der Waals surface area contributed by atoms with Crippen molar-refractivity contribution >= 4 is 11.8 Å². The minimum atomic E-state index is -2.68. The lowest BCUT2D eigenvalue weighted by atomic mass is 10.1. The number of amides is 2. The Kier molecular flexibility index (Phi) is 5.93. The van der Waals surface area contributed by atoms with Gasteiger partial charge in [-0.1, -0.05) is 30.3 Å². The second kappa shape index (κ2) is 8.14. The number of nitrogens with zero attached hydrogens (tertiary/aromatic N) is 3. The standard InChI is InChI=1S/C15H16F2N4O2/c16-13(17)10-21(8-9-22)15(23)18-14-7-6-12(19-20-14)11-4-2-1-3-5-11/h1-7,13,22H,8-10H2,(H,18,20,23). The summed E-state index contributed by atoms with van der Waals surface area (Å²) in [4.78, 5) is 12.7. The molecule has 0 atom stereocenters. The number of aliphatic hydroxyl groups is 1. The van der Waals surface area contributed by atoms with E-state index in [4.69, 9.17) is 5.11 Å². The Morgan fingerprint density at radius 2 is 1.91 bits per heavy atom. The van der Waals surface area contributed by atoms with Crippen molar-refractivity contribution in [2.24, 2.45) is 0 Å². The Hall–Kier alpha value is -2.61. The van der Waals surface area contributed by atoms with E-state index >= 15 is 0 Å². The molecule has 0 spiro atoms. The number of halogens is 2. The summed E-state index contributed by atoms with van der Waals surface area (Å²) in [5.41, 5.74) is 1.50. The first-order valence-corrected chi connectivity index (χ1v) is 6.94. The third-order valence-corrected chi connectivity index (χ3v) is 2.98. The van der Waals surface area contributed by atoms with Crippen molar-refractivity contribution < 1.29 is 18.7 Å². The molecular formula is C15H16F2N4O2. The van der Waals surface area contributed by atoms with Crippen LogP contribution in [0.25, 0.3) is 11.3 Å². The van der Waals surface area contributed by atoms with Crippen molar-refractivity contribution in [2.75, 3.05) is 25.0 Å². The molecule has 8 heteroatoms. The van der Waals surface area contributed by atoms with E-state index in [1.807, 2.05) is 30.3 Å². The van der Waals surface area contributed by atoms with E-state index in [2.05, 4.69) is 15.5 Å². The number of benzene rings is 1. The van der Waals surface area contributed by atoms with Crippen LogP contribution < -0.4 is 5.32 Å². The van der Waals surface area contributed by atoms with Crippen LogP contribution in [0.3, 0.4) is 0 Å². The highest BCUT2D eigenvalue weighted by Gasteiger charge is 2.18. The minimum absolute atomic E-state index is 0.145. The van der Waals surface area contributed by atoms with E-state index < -0.39 is 25.6 Å². The molecule has 2 aromatic rings. The fourth-order valence-electron chi connectivity index (χ4n) is 1.91. The van der Waals surface area contributed by atoms with E-state index in [1.54, 1.807) is 6.07 Å². The number of aromatic nitrogens is 2. The molecule has 0 fully saturated rings. The van der Waals surface area contributed by atoms with Crippen LogP contribution in [0.1, 0.15) is 0 Å². The maximum absolute atomic E-state index is 12.4. The van der Waals surface area contributed by atoms with Gasteiger partial charge in [-0.25, -0.2) is 13.6 Å². The Morgan fingerprint density at radius 1 is 1.17 bits per heavy atom. The molecule has 0 unspecified atom stereocenters. The van der Waals surface area contributed by atoms with Crippen molar-refractivity contribution in [3.63, 3.8) is 0 Å². The largest absolute Gasteiger partial charge is 0.395 e. The third-order valence-electron chi connectivity index (χ3n) is 2.98. The molecule has 1 aromatic heterocycles. The summed E-state index contributed by atoms with van der Waals surface area (Å²) in [5.74, 6) is 0.145. The fourth-order valence-corrected chi connectivity index (χ4v) is 1.91. The van der Waals surface area contributed by atoms with E-state index in [1.165, 1.54) is 6.07 Å². The molecule has 0 saturated heterocycles. The lowest BCUT2D eigenvalue weighted by Crippen LogP contribution is -2.40. The van der Waals surface area contributed by atoms with Gasteiger partial charge in [0.1, 0.15) is 0 Å². The first kappa shape index (κ1) is 16.8. The number of nitrogens with one attached hydrogen (secondary N) is 1. The molecule has 2 rings (SSSR count). The van der Waals surface area contributed by atoms with Crippen molar-refractivity contribution in [2.45, 2.75) is 6.43 Å². The number of hydrogen-bond donors (Lipinski definition) is 2. The molecule has 1 heterocycles. The molecule has 6 nitrogen and oxygen atoms in total. The molecule has 0 aliphatic heterocycles. The van der Waals surface area contributed by atoms with Gasteiger partial charge in [0.2, 0.25) is 0 Å². The highest BCUT2D eigenvalue weighted by molar-refractivity contribution is 5.88. The summed E-state index contributed by atoms with van der Waals surface area (Å²) in [7, 11) is 0. The zero-order chi connectivity index (χ0) is 16.7. The van der Waals surface area contributed by atoms with Gasteiger partial charge in [-0.3, -0.25) is 5.32 Å². The van der Waals surface area contributed by atoms with Gasteiger partial charge >= 0.3 is 6.03 Å². The molecule has 0 radical (unpaired) electrons. The Morgan fingerprint density at radius 3 is 2.48 bits per heavy atom. The predicted molar refractivity (Wildman–Crippen MR) is 81.1 cm³/mol. The zero-order valence-electron chi connectivity index (χ0n) is 12.2. The SMILES string of the molecule is O=C(Nc1ccc(-c2ccccc2)nn1)N(CCO)CC(F)F. The first-order chi connectivity index (χ1) is 11.1. The van der Waals surface area contributed by atoms with Gasteiger partial charge in [0.25, 0.3) is 6.43 Å². The highest BCUT2D eigenvalue weighted by atomic mass is 19.3. The Bertz CT molecular complexity index is 623. The Balaban J connectivity index is 2.03. The fraction of sp³-hybridized carbons (Fsp3) is 0.267. The predicted octanol–water partition coefficient (Wildman–Crippen LogP) is 2.23. The van der Waals surface area contributed by atoms with Crippen molar-refractivity contribution in [1.29, 1.82) is 0 Å². The maximum Gasteiger partial charge on any atom is 0.323 e. The van der Waals surface area contributed by atoms with Gasteiger partial charge in [-0.2, -0.15) is 0 Å². The normalized spacial score (nSPS) is 10.6. The summed E-state index contributed by atoms with van der Waals surface area (Å²) in [6, 6.07) is 11.8. The number of anilines is 1. The van der Waals surface area contributed by atoms with Gasteiger partial charge in [0, 0.05) is 12.1 Å². The van der Waals surface area contributed by atoms with E-state index in [0.29, 0.717) is 5.69 Å². The zero-order valence-corrected chi connectivity index (χ0v) is 12.2. The topological polar surface area (TPSA) is 78.4 Å². The van der Waals surface area contributed by atoms with Crippen molar-refractivity contribution in [3.8, 4) is 11.3 Å². The number of rotatable bonds is 6. The second-order valence-electron chi connectivity index (χ2n) is 4.66. The van der Waals surface area contributed by atoms with E-state index in [0.717, 1.165) is 10.5 Å². The molecule has 2 amide bonds. The van der Waals surface area contributed by atoms with Crippen LogP contribution >= 0.6 is 0 Å². The average molecular weight is 322 g/mol. The van der Waals surface area contributed by atoms with Crippen molar-refractivity contribution in [1.82, 2.24) is 15.1 Å². The van der Waals surface area contributed by atoms with Crippen LogP contribution in [-0.4, -0.2) is 52.4 Å². The van der Waals surface area contributed by atoms with E-state index in [9.17, 15) is 13.6 Å². The summed E-state index contributed by atoms with van der Waals surface area (Å²) in [5, 5.41) is 19.1. The lowest BCUT2D eigenvalue weighted by molar-refractivity contribution is 0.0942. The number of carbonyl (C=O) groups is 1. The number of carbonyl (C=O) groups excluding carboxylic acids is 1. The number of urea groups is 1. The van der Waals surface area contributed by atoms with Gasteiger partial charge in [0.05, 0.1) is 18.8 Å². The third kappa shape index (κ3) is 4.96. The smallest absolute Gasteiger partial charge is 0.323 e. The molecule has 23 heavy (non-hydrogen) atoms. The van der Waals surface area contributed by atoms with Gasteiger partial charge in [0.15, 0.2) is 5.82 Å². The molecule has 0 saturated carbocycles. The molecule has 0 bridgehead atoms. The summed E-state index contributed by atoms with van der Waals surface area (Å²) in [6.07, 6.45) is -2.68. The number of hydrogen-bond acceptors (Lipinski definition) is 4. The number of aliphatic hydroxyl groups excluding tert-OH is 1. The average Bonchev–Trinajstić information content (AvgIpc) is 2.55.